The zero-order chi connectivity index (χ0) is 12.1. The minimum Gasteiger partial charge on any atom is -0.353 e. The van der Waals surface area contributed by atoms with Crippen molar-refractivity contribution in [2.75, 3.05) is 0 Å². The van der Waals surface area contributed by atoms with E-state index in [4.69, 9.17) is 5.26 Å². The van der Waals surface area contributed by atoms with E-state index in [1.807, 2.05) is 17.5 Å². The molecule has 90 valence electrons. The van der Waals surface area contributed by atoms with Crippen molar-refractivity contribution < 1.29 is 4.79 Å². The third kappa shape index (κ3) is 3.57. The van der Waals surface area contributed by atoms with E-state index in [0.717, 1.165) is 30.6 Å². The van der Waals surface area contributed by atoms with Gasteiger partial charge in [0.05, 0.1) is 12.5 Å². The number of rotatable bonds is 3. The first-order valence-corrected chi connectivity index (χ1v) is 6.87. The zero-order valence-electron chi connectivity index (χ0n) is 9.69. The van der Waals surface area contributed by atoms with Crippen LogP contribution in [0.2, 0.25) is 0 Å². The number of amides is 1. The molecule has 1 heterocycles. The number of nitriles is 1. The van der Waals surface area contributed by atoms with Gasteiger partial charge in [-0.1, -0.05) is 6.07 Å². The van der Waals surface area contributed by atoms with Crippen LogP contribution in [0.3, 0.4) is 0 Å². The topological polar surface area (TPSA) is 52.9 Å². The highest BCUT2D eigenvalue weighted by atomic mass is 32.1. The third-order valence-corrected chi connectivity index (χ3v) is 4.07. The Labute approximate surface area is 105 Å². The van der Waals surface area contributed by atoms with Crippen molar-refractivity contribution in [3.63, 3.8) is 0 Å². The van der Waals surface area contributed by atoms with E-state index in [-0.39, 0.29) is 17.9 Å². The first-order valence-electron chi connectivity index (χ1n) is 5.99. The molecule has 17 heavy (non-hydrogen) atoms. The Bertz CT molecular complexity index is 400. The van der Waals surface area contributed by atoms with E-state index in [0.29, 0.717) is 6.42 Å². The standard InChI is InChI=1S/C13H16N2OS/c14-9-10-3-5-11(6-4-10)15-13(16)8-12-2-1-7-17-12/h1-2,7,10-11H,3-6,8H2,(H,15,16). The third-order valence-electron chi connectivity index (χ3n) is 3.19. The number of carbonyl (C=O) groups excluding carboxylic acids is 1. The first kappa shape index (κ1) is 12.1. The van der Waals surface area contributed by atoms with Crippen LogP contribution in [0.5, 0.6) is 0 Å². The second kappa shape index (κ2) is 5.83. The minimum absolute atomic E-state index is 0.104. The summed E-state index contributed by atoms with van der Waals surface area (Å²) in [5, 5.41) is 13.8. The van der Waals surface area contributed by atoms with E-state index in [2.05, 4.69) is 11.4 Å². The molecule has 1 N–H and O–H groups in total. The highest BCUT2D eigenvalue weighted by molar-refractivity contribution is 7.10. The SMILES string of the molecule is N#CC1CCC(NC(=O)Cc2cccs2)CC1. The molecule has 3 nitrogen and oxygen atoms in total. The van der Waals surface area contributed by atoms with Crippen LogP contribution < -0.4 is 5.32 Å². The summed E-state index contributed by atoms with van der Waals surface area (Å²) in [6.07, 6.45) is 4.19. The summed E-state index contributed by atoms with van der Waals surface area (Å²) in [6.45, 7) is 0. The van der Waals surface area contributed by atoms with Crippen LogP contribution in [-0.4, -0.2) is 11.9 Å². The molecule has 0 radical (unpaired) electrons. The largest absolute Gasteiger partial charge is 0.353 e. The van der Waals surface area contributed by atoms with Crippen molar-refractivity contribution in [1.82, 2.24) is 5.32 Å². The fraction of sp³-hybridized carbons (Fsp3) is 0.538. The van der Waals surface area contributed by atoms with Crippen molar-refractivity contribution in [2.24, 2.45) is 5.92 Å². The van der Waals surface area contributed by atoms with Crippen LogP contribution in [0.1, 0.15) is 30.6 Å². The summed E-state index contributed by atoms with van der Waals surface area (Å²) in [7, 11) is 0. The van der Waals surface area contributed by atoms with Gasteiger partial charge in [-0.15, -0.1) is 11.3 Å². The lowest BCUT2D eigenvalue weighted by molar-refractivity contribution is -0.121. The molecule has 0 bridgehead atoms. The zero-order valence-corrected chi connectivity index (χ0v) is 10.5. The van der Waals surface area contributed by atoms with Gasteiger partial charge < -0.3 is 5.32 Å². The Hall–Kier alpha value is -1.34. The summed E-state index contributed by atoms with van der Waals surface area (Å²) in [4.78, 5) is 12.9. The van der Waals surface area contributed by atoms with E-state index in [9.17, 15) is 4.79 Å². The lowest BCUT2D eigenvalue weighted by Gasteiger charge is -2.25. The molecule has 2 rings (SSSR count). The van der Waals surface area contributed by atoms with Crippen LogP contribution in [0.15, 0.2) is 17.5 Å². The molecule has 0 atom stereocenters. The number of nitrogens with zero attached hydrogens (tertiary/aromatic N) is 1. The summed E-state index contributed by atoms with van der Waals surface area (Å²) in [5.41, 5.74) is 0. The Morgan fingerprint density at radius 2 is 2.24 bits per heavy atom. The van der Waals surface area contributed by atoms with E-state index in [1.54, 1.807) is 11.3 Å². The van der Waals surface area contributed by atoms with Crippen molar-refractivity contribution in [1.29, 1.82) is 5.26 Å². The number of thiophene rings is 1. The number of hydrogen-bond donors (Lipinski definition) is 1. The summed E-state index contributed by atoms with van der Waals surface area (Å²) in [5.74, 6) is 0.299. The first-order chi connectivity index (χ1) is 8.28. The molecule has 0 saturated heterocycles. The molecule has 1 amide bonds. The molecule has 0 spiro atoms. The molecular formula is C13H16N2OS. The molecule has 4 heteroatoms. The van der Waals surface area contributed by atoms with Crippen LogP contribution >= 0.6 is 11.3 Å². The molecule has 1 aliphatic carbocycles. The fourth-order valence-electron chi connectivity index (χ4n) is 2.22. The van der Waals surface area contributed by atoms with Crippen molar-refractivity contribution >= 4 is 17.2 Å². The van der Waals surface area contributed by atoms with Gasteiger partial charge in [-0.25, -0.2) is 0 Å². The van der Waals surface area contributed by atoms with Gasteiger partial charge >= 0.3 is 0 Å². The van der Waals surface area contributed by atoms with Crippen molar-refractivity contribution in [2.45, 2.75) is 38.1 Å². The summed E-state index contributed by atoms with van der Waals surface area (Å²) >= 11 is 1.61. The molecule has 1 aromatic heterocycles. The molecule has 1 fully saturated rings. The Balaban J connectivity index is 1.75. The monoisotopic (exact) mass is 248 g/mol. The Kier molecular flexibility index (Phi) is 4.16. The average molecular weight is 248 g/mol. The van der Waals surface area contributed by atoms with Crippen LogP contribution in [-0.2, 0) is 11.2 Å². The van der Waals surface area contributed by atoms with Gasteiger partial charge in [0, 0.05) is 16.8 Å². The molecule has 0 aliphatic heterocycles. The lowest BCUT2D eigenvalue weighted by atomic mass is 9.87. The molecule has 0 aromatic carbocycles. The number of hydrogen-bond acceptors (Lipinski definition) is 3. The highest BCUT2D eigenvalue weighted by Crippen LogP contribution is 2.23. The summed E-state index contributed by atoms with van der Waals surface area (Å²) < 4.78 is 0. The van der Waals surface area contributed by atoms with Gasteiger partial charge in [0.25, 0.3) is 0 Å². The average Bonchev–Trinajstić information content (AvgIpc) is 2.82. The minimum atomic E-state index is 0.104. The molecule has 1 saturated carbocycles. The second-order valence-corrected chi connectivity index (χ2v) is 5.53. The van der Waals surface area contributed by atoms with Crippen molar-refractivity contribution in [3.8, 4) is 6.07 Å². The Morgan fingerprint density at radius 3 is 2.82 bits per heavy atom. The molecular weight excluding hydrogens is 232 g/mol. The van der Waals surface area contributed by atoms with Crippen molar-refractivity contribution in [3.05, 3.63) is 22.4 Å². The maximum Gasteiger partial charge on any atom is 0.225 e. The Morgan fingerprint density at radius 1 is 1.47 bits per heavy atom. The van der Waals surface area contributed by atoms with Crippen LogP contribution in [0, 0.1) is 17.2 Å². The van der Waals surface area contributed by atoms with Gasteiger partial charge in [0.1, 0.15) is 0 Å². The number of carbonyl (C=O) groups is 1. The van der Waals surface area contributed by atoms with Gasteiger partial charge in [0.2, 0.25) is 5.91 Å². The van der Waals surface area contributed by atoms with E-state index in [1.165, 1.54) is 0 Å². The summed E-state index contributed by atoms with van der Waals surface area (Å²) in [6, 6.07) is 6.52. The van der Waals surface area contributed by atoms with Gasteiger partial charge in [-0.3, -0.25) is 4.79 Å². The molecule has 1 aromatic rings. The maximum atomic E-state index is 11.8. The van der Waals surface area contributed by atoms with Crippen LogP contribution in [0.25, 0.3) is 0 Å². The van der Waals surface area contributed by atoms with E-state index >= 15 is 0 Å². The second-order valence-electron chi connectivity index (χ2n) is 4.50. The predicted molar refractivity (Wildman–Crippen MR) is 67.5 cm³/mol. The number of nitrogens with one attached hydrogen (secondary N) is 1. The quantitative estimate of drug-likeness (QED) is 0.893. The van der Waals surface area contributed by atoms with Gasteiger partial charge in [-0.05, 0) is 37.1 Å². The maximum absolute atomic E-state index is 11.8. The van der Waals surface area contributed by atoms with Gasteiger partial charge in [-0.2, -0.15) is 5.26 Å². The highest BCUT2D eigenvalue weighted by Gasteiger charge is 2.21. The molecule has 1 aliphatic rings. The fourth-order valence-corrected chi connectivity index (χ4v) is 2.92. The lowest BCUT2D eigenvalue weighted by Crippen LogP contribution is -2.38. The predicted octanol–water partition coefficient (Wildman–Crippen LogP) is 2.49. The van der Waals surface area contributed by atoms with Gasteiger partial charge in [0.15, 0.2) is 0 Å². The smallest absolute Gasteiger partial charge is 0.225 e. The van der Waals surface area contributed by atoms with Crippen LogP contribution in [0.4, 0.5) is 0 Å². The normalized spacial score (nSPS) is 23.9. The van der Waals surface area contributed by atoms with E-state index < -0.39 is 0 Å². The molecule has 0 unspecified atom stereocenters.